The summed E-state index contributed by atoms with van der Waals surface area (Å²) in [5.41, 5.74) is 8.12. The molecule has 4 nitrogen and oxygen atoms in total. The lowest BCUT2D eigenvalue weighted by Gasteiger charge is -2.25. The van der Waals surface area contributed by atoms with Gasteiger partial charge < -0.3 is 11.1 Å². The van der Waals surface area contributed by atoms with E-state index in [1.807, 2.05) is 20.8 Å². The van der Waals surface area contributed by atoms with Gasteiger partial charge in [-0.05, 0) is 29.6 Å². The zero-order chi connectivity index (χ0) is 16.8. The number of amides is 1. The molecule has 140 valence electrons. The number of nitrogens with two attached hydrogens (primary N) is 1. The Morgan fingerprint density at radius 3 is 1.96 bits per heavy atom. The third kappa shape index (κ3) is 8.34. The van der Waals surface area contributed by atoms with Crippen LogP contribution in [0.5, 0.6) is 0 Å². The molecule has 0 heterocycles. The van der Waals surface area contributed by atoms with E-state index in [0.717, 1.165) is 25.2 Å². The van der Waals surface area contributed by atoms with Crippen LogP contribution < -0.4 is 11.1 Å². The Kier molecular flexibility index (Phi) is 12.4. The maximum Gasteiger partial charge on any atom is 0.237 e. The van der Waals surface area contributed by atoms with Gasteiger partial charge in [0.1, 0.15) is 0 Å². The lowest BCUT2D eigenvalue weighted by molar-refractivity contribution is -0.124. The fourth-order valence-corrected chi connectivity index (χ4v) is 2.16. The summed E-state index contributed by atoms with van der Waals surface area (Å²) in [5, 5.41) is 2.91. The van der Waals surface area contributed by atoms with E-state index in [0.29, 0.717) is 6.54 Å². The summed E-state index contributed by atoms with van der Waals surface area (Å²) in [6.07, 6.45) is 0. The number of hydrogen-bond donors (Lipinski definition) is 2. The molecule has 0 aliphatic heterocycles. The molecule has 1 rings (SSSR count). The van der Waals surface area contributed by atoms with Crippen LogP contribution in [0.3, 0.4) is 0 Å². The second-order valence-electron chi connectivity index (χ2n) is 6.84. The van der Waals surface area contributed by atoms with Crippen molar-refractivity contribution >= 4 is 30.7 Å². The molecule has 6 heteroatoms. The maximum absolute atomic E-state index is 12.0. The van der Waals surface area contributed by atoms with Crippen molar-refractivity contribution in [3.05, 3.63) is 35.4 Å². The third-order valence-electron chi connectivity index (χ3n) is 4.01. The molecule has 0 unspecified atom stereocenters. The Labute approximate surface area is 159 Å². The zero-order valence-corrected chi connectivity index (χ0v) is 17.1. The molecular weight excluding hydrogens is 345 g/mol. The highest BCUT2D eigenvalue weighted by Crippen LogP contribution is 2.17. The number of hydrogen-bond acceptors (Lipinski definition) is 3. The molecule has 1 atom stereocenters. The van der Waals surface area contributed by atoms with Crippen LogP contribution in [0.25, 0.3) is 0 Å². The van der Waals surface area contributed by atoms with E-state index < -0.39 is 6.04 Å². The quantitative estimate of drug-likeness (QED) is 0.765. The normalized spacial score (nSPS) is 12.1. The lowest BCUT2D eigenvalue weighted by Crippen LogP contribution is -2.48. The van der Waals surface area contributed by atoms with Gasteiger partial charge in [0.15, 0.2) is 0 Å². The SMILES string of the molecule is CCN(CC)Cc1ccc(CNC(=O)[C@@H](N)C(C)(C)C)cc1.Cl.Cl. The van der Waals surface area contributed by atoms with E-state index in [2.05, 4.69) is 48.3 Å². The predicted octanol–water partition coefficient (Wildman–Crippen LogP) is 3.36. The molecule has 0 aromatic heterocycles. The Morgan fingerprint density at radius 2 is 1.54 bits per heavy atom. The van der Waals surface area contributed by atoms with E-state index in [-0.39, 0.29) is 36.1 Å². The van der Waals surface area contributed by atoms with Crippen molar-refractivity contribution in [3.63, 3.8) is 0 Å². The summed E-state index contributed by atoms with van der Waals surface area (Å²) < 4.78 is 0. The van der Waals surface area contributed by atoms with Crippen LogP contribution in [0.15, 0.2) is 24.3 Å². The average Bonchev–Trinajstić information content (AvgIpc) is 2.49. The molecule has 0 saturated heterocycles. The van der Waals surface area contributed by atoms with Gasteiger partial charge in [-0.15, -0.1) is 24.8 Å². The number of nitrogens with zero attached hydrogens (tertiary/aromatic N) is 1. The Morgan fingerprint density at radius 1 is 1.08 bits per heavy atom. The molecule has 1 amide bonds. The summed E-state index contributed by atoms with van der Waals surface area (Å²) in [6, 6.07) is 7.91. The lowest BCUT2D eigenvalue weighted by atomic mass is 9.87. The van der Waals surface area contributed by atoms with Crippen molar-refractivity contribution < 1.29 is 4.79 Å². The largest absolute Gasteiger partial charge is 0.351 e. The van der Waals surface area contributed by atoms with Gasteiger partial charge >= 0.3 is 0 Å². The van der Waals surface area contributed by atoms with Gasteiger partial charge in [-0.2, -0.15) is 0 Å². The standard InChI is InChI=1S/C18H31N3O.2ClH/c1-6-21(7-2)13-15-10-8-14(9-11-15)12-20-17(22)16(19)18(3,4)5;;/h8-11,16H,6-7,12-13,19H2,1-5H3,(H,20,22);2*1H/t16-;;/m1../s1. The molecule has 0 radical (unpaired) electrons. The molecule has 0 fully saturated rings. The fraction of sp³-hybridized carbons (Fsp3) is 0.611. The van der Waals surface area contributed by atoms with E-state index >= 15 is 0 Å². The van der Waals surface area contributed by atoms with Crippen molar-refractivity contribution in [1.29, 1.82) is 0 Å². The number of nitrogens with one attached hydrogen (secondary N) is 1. The first-order chi connectivity index (χ1) is 10.3. The molecular formula is C18H33Cl2N3O. The number of carbonyl (C=O) groups is 1. The molecule has 0 aliphatic carbocycles. The minimum atomic E-state index is -0.491. The Hall–Kier alpha value is -0.810. The van der Waals surface area contributed by atoms with Crippen molar-refractivity contribution in [3.8, 4) is 0 Å². The maximum atomic E-state index is 12.0. The first-order valence-electron chi connectivity index (χ1n) is 8.11. The number of rotatable bonds is 7. The van der Waals surface area contributed by atoms with Crippen LogP contribution >= 0.6 is 24.8 Å². The highest BCUT2D eigenvalue weighted by atomic mass is 35.5. The van der Waals surface area contributed by atoms with Crippen LogP contribution in [-0.2, 0) is 17.9 Å². The summed E-state index contributed by atoms with van der Waals surface area (Å²) >= 11 is 0. The second-order valence-corrected chi connectivity index (χ2v) is 6.84. The Bertz CT molecular complexity index is 468. The van der Waals surface area contributed by atoms with E-state index in [1.54, 1.807) is 0 Å². The van der Waals surface area contributed by atoms with Gasteiger partial charge in [-0.3, -0.25) is 9.69 Å². The van der Waals surface area contributed by atoms with Crippen LogP contribution in [-0.4, -0.2) is 29.9 Å². The second kappa shape index (κ2) is 11.7. The topological polar surface area (TPSA) is 58.4 Å². The Balaban J connectivity index is 0. The van der Waals surface area contributed by atoms with Crippen LogP contribution in [0, 0.1) is 5.41 Å². The number of halogens is 2. The molecule has 24 heavy (non-hydrogen) atoms. The van der Waals surface area contributed by atoms with Crippen molar-refractivity contribution in [1.82, 2.24) is 10.2 Å². The van der Waals surface area contributed by atoms with E-state index in [9.17, 15) is 4.79 Å². The molecule has 0 aliphatic rings. The van der Waals surface area contributed by atoms with Gasteiger partial charge in [-0.25, -0.2) is 0 Å². The fourth-order valence-electron chi connectivity index (χ4n) is 2.16. The minimum absolute atomic E-state index is 0. The number of carbonyl (C=O) groups excluding carboxylic acids is 1. The molecule has 0 bridgehead atoms. The first kappa shape index (κ1) is 25.4. The highest BCUT2D eigenvalue weighted by Gasteiger charge is 2.26. The highest BCUT2D eigenvalue weighted by molar-refractivity contribution is 5.85. The molecule has 1 aromatic carbocycles. The summed E-state index contributed by atoms with van der Waals surface area (Å²) in [4.78, 5) is 14.4. The van der Waals surface area contributed by atoms with Gasteiger partial charge in [-0.1, -0.05) is 58.9 Å². The summed E-state index contributed by atoms with van der Waals surface area (Å²) in [6.45, 7) is 13.9. The van der Waals surface area contributed by atoms with Crippen LogP contribution in [0.2, 0.25) is 0 Å². The van der Waals surface area contributed by atoms with E-state index in [1.165, 1.54) is 5.56 Å². The van der Waals surface area contributed by atoms with Gasteiger partial charge in [0.05, 0.1) is 6.04 Å². The van der Waals surface area contributed by atoms with Crippen molar-refractivity contribution in [2.75, 3.05) is 13.1 Å². The van der Waals surface area contributed by atoms with Crippen LogP contribution in [0.1, 0.15) is 45.7 Å². The summed E-state index contributed by atoms with van der Waals surface area (Å²) in [7, 11) is 0. The third-order valence-corrected chi connectivity index (χ3v) is 4.01. The van der Waals surface area contributed by atoms with Crippen molar-refractivity contribution in [2.45, 2.75) is 53.8 Å². The smallest absolute Gasteiger partial charge is 0.237 e. The first-order valence-corrected chi connectivity index (χ1v) is 8.11. The summed E-state index contributed by atoms with van der Waals surface area (Å²) in [5.74, 6) is -0.0975. The predicted molar refractivity (Wildman–Crippen MR) is 107 cm³/mol. The molecule has 3 N–H and O–H groups in total. The van der Waals surface area contributed by atoms with Crippen molar-refractivity contribution in [2.24, 2.45) is 11.1 Å². The van der Waals surface area contributed by atoms with Gasteiger partial charge in [0.25, 0.3) is 0 Å². The monoisotopic (exact) mass is 377 g/mol. The zero-order valence-electron chi connectivity index (χ0n) is 15.5. The molecule has 0 saturated carbocycles. The number of benzene rings is 1. The average molecular weight is 378 g/mol. The molecule has 1 aromatic rings. The van der Waals surface area contributed by atoms with Gasteiger partial charge in [0.2, 0.25) is 5.91 Å². The minimum Gasteiger partial charge on any atom is -0.351 e. The van der Waals surface area contributed by atoms with Gasteiger partial charge in [0, 0.05) is 13.1 Å². The van der Waals surface area contributed by atoms with Crippen LogP contribution in [0.4, 0.5) is 0 Å². The van der Waals surface area contributed by atoms with E-state index in [4.69, 9.17) is 5.73 Å². The molecule has 0 spiro atoms.